The highest BCUT2D eigenvalue weighted by Crippen LogP contribution is 2.30. The van der Waals surface area contributed by atoms with Crippen LogP contribution in [-0.4, -0.2) is 44.0 Å². The van der Waals surface area contributed by atoms with Gasteiger partial charge in [-0.15, -0.1) is 0 Å². The number of methoxy groups -OCH3 is 1. The number of carboxylic acid groups (broad SMARTS) is 1. The number of hydrogen-bond acceptors (Lipinski definition) is 4. The van der Waals surface area contributed by atoms with E-state index in [9.17, 15) is 17.6 Å². The molecule has 1 N–H and O–H groups in total. The zero-order chi connectivity index (χ0) is 15.6. The molecule has 1 heterocycles. The Kier molecular flexibility index (Phi) is 4.48. The van der Waals surface area contributed by atoms with E-state index in [1.807, 2.05) is 0 Å². The zero-order valence-electron chi connectivity index (χ0n) is 11.5. The molecule has 0 aromatic heterocycles. The van der Waals surface area contributed by atoms with Gasteiger partial charge in [-0.1, -0.05) is 0 Å². The largest absolute Gasteiger partial charge is 0.495 e. The van der Waals surface area contributed by atoms with Crippen molar-refractivity contribution in [1.82, 2.24) is 4.31 Å². The lowest BCUT2D eigenvalue weighted by molar-refractivity contribution is -0.142. The highest BCUT2D eigenvalue weighted by molar-refractivity contribution is 7.89. The first-order chi connectivity index (χ1) is 9.86. The summed E-state index contributed by atoms with van der Waals surface area (Å²) in [5, 5.41) is 9.03. The Bertz CT molecular complexity index is 646. The summed E-state index contributed by atoms with van der Waals surface area (Å²) in [5.74, 6) is -2.43. The Morgan fingerprint density at radius 3 is 2.81 bits per heavy atom. The van der Waals surface area contributed by atoms with Crippen molar-refractivity contribution >= 4 is 16.0 Å². The van der Waals surface area contributed by atoms with E-state index in [0.717, 1.165) is 16.4 Å². The summed E-state index contributed by atoms with van der Waals surface area (Å²) in [6, 6.07) is 3.23. The van der Waals surface area contributed by atoms with Crippen molar-refractivity contribution < 1.29 is 27.4 Å². The normalized spacial score (nSPS) is 20.2. The third kappa shape index (κ3) is 3.16. The van der Waals surface area contributed by atoms with Gasteiger partial charge in [0.15, 0.2) is 0 Å². The van der Waals surface area contributed by atoms with E-state index >= 15 is 0 Å². The van der Waals surface area contributed by atoms with E-state index in [1.54, 1.807) is 0 Å². The molecule has 0 bridgehead atoms. The van der Waals surface area contributed by atoms with Gasteiger partial charge in [0.25, 0.3) is 0 Å². The van der Waals surface area contributed by atoms with Crippen LogP contribution in [0.1, 0.15) is 12.8 Å². The number of carboxylic acids is 1. The number of benzene rings is 1. The predicted molar refractivity (Wildman–Crippen MR) is 72.1 cm³/mol. The average Bonchev–Trinajstić information content (AvgIpc) is 2.47. The van der Waals surface area contributed by atoms with Gasteiger partial charge in [0.2, 0.25) is 10.0 Å². The molecule has 2 rings (SSSR count). The van der Waals surface area contributed by atoms with Gasteiger partial charge in [0.1, 0.15) is 16.5 Å². The lowest BCUT2D eigenvalue weighted by Gasteiger charge is -2.30. The third-order valence-electron chi connectivity index (χ3n) is 3.48. The van der Waals surface area contributed by atoms with Gasteiger partial charge in [-0.2, -0.15) is 4.31 Å². The quantitative estimate of drug-likeness (QED) is 0.905. The van der Waals surface area contributed by atoms with Gasteiger partial charge in [-0.05, 0) is 31.0 Å². The van der Waals surface area contributed by atoms with Crippen molar-refractivity contribution in [1.29, 1.82) is 0 Å². The molecule has 8 heteroatoms. The maximum absolute atomic E-state index is 13.4. The molecule has 0 amide bonds. The lowest BCUT2D eigenvalue weighted by Crippen LogP contribution is -2.42. The van der Waals surface area contributed by atoms with Crippen molar-refractivity contribution in [2.24, 2.45) is 5.92 Å². The number of aliphatic carboxylic acids is 1. The number of rotatable bonds is 4. The minimum absolute atomic E-state index is 0.0360. The fourth-order valence-electron chi connectivity index (χ4n) is 2.35. The number of nitrogens with zero attached hydrogens (tertiary/aromatic N) is 1. The summed E-state index contributed by atoms with van der Waals surface area (Å²) >= 11 is 0. The Balaban J connectivity index is 2.38. The van der Waals surface area contributed by atoms with Gasteiger partial charge >= 0.3 is 5.97 Å². The van der Waals surface area contributed by atoms with E-state index in [-0.39, 0.29) is 23.7 Å². The van der Waals surface area contributed by atoms with Crippen LogP contribution in [0.5, 0.6) is 5.75 Å². The highest BCUT2D eigenvalue weighted by Gasteiger charge is 2.34. The number of halogens is 1. The van der Waals surface area contributed by atoms with Crippen LogP contribution in [0.2, 0.25) is 0 Å². The molecule has 116 valence electrons. The lowest BCUT2D eigenvalue weighted by atomic mass is 10.0. The van der Waals surface area contributed by atoms with Crippen LogP contribution in [0, 0.1) is 11.7 Å². The van der Waals surface area contributed by atoms with Gasteiger partial charge < -0.3 is 9.84 Å². The Morgan fingerprint density at radius 2 is 2.19 bits per heavy atom. The minimum Gasteiger partial charge on any atom is -0.495 e. The molecule has 1 saturated heterocycles. The maximum atomic E-state index is 13.4. The molecule has 1 fully saturated rings. The smallest absolute Gasteiger partial charge is 0.307 e. The molecule has 0 unspecified atom stereocenters. The zero-order valence-corrected chi connectivity index (χ0v) is 12.3. The van der Waals surface area contributed by atoms with Crippen molar-refractivity contribution in [3.05, 3.63) is 24.0 Å². The summed E-state index contributed by atoms with van der Waals surface area (Å²) < 4.78 is 44.5. The summed E-state index contributed by atoms with van der Waals surface area (Å²) in [4.78, 5) is 10.8. The molecule has 0 spiro atoms. The number of carbonyl (C=O) groups is 1. The monoisotopic (exact) mass is 317 g/mol. The minimum atomic E-state index is -3.99. The Hall–Kier alpha value is -1.67. The molecule has 6 nitrogen and oxygen atoms in total. The topological polar surface area (TPSA) is 83.9 Å². The van der Waals surface area contributed by atoms with Gasteiger partial charge in [-0.25, -0.2) is 12.8 Å². The SMILES string of the molecule is COc1ccc(F)cc1S(=O)(=O)N1CCC[C@@H](C(=O)O)C1. The fourth-order valence-corrected chi connectivity index (χ4v) is 4.04. The second-order valence-electron chi connectivity index (χ2n) is 4.84. The van der Waals surface area contributed by atoms with E-state index in [1.165, 1.54) is 13.2 Å². The molecule has 1 aromatic carbocycles. The van der Waals surface area contributed by atoms with Crippen molar-refractivity contribution in [3.8, 4) is 5.75 Å². The summed E-state index contributed by atoms with van der Waals surface area (Å²) in [6.45, 7) is 0.100. The number of piperidine rings is 1. The summed E-state index contributed by atoms with van der Waals surface area (Å²) in [7, 11) is -2.69. The second kappa shape index (κ2) is 5.98. The summed E-state index contributed by atoms with van der Waals surface area (Å²) in [5.41, 5.74) is 0. The molecule has 1 aliphatic rings. The molecule has 0 radical (unpaired) electrons. The first kappa shape index (κ1) is 15.7. The van der Waals surface area contributed by atoms with Gasteiger partial charge in [0.05, 0.1) is 13.0 Å². The molecule has 21 heavy (non-hydrogen) atoms. The van der Waals surface area contributed by atoms with Crippen LogP contribution >= 0.6 is 0 Å². The van der Waals surface area contributed by atoms with Crippen molar-refractivity contribution in [2.45, 2.75) is 17.7 Å². The van der Waals surface area contributed by atoms with Crippen molar-refractivity contribution in [2.75, 3.05) is 20.2 Å². The fraction of sp³-hybridized carbons (Fsp3) is 0.462. The van der Waals surface area contributed by atoms with E-state index in [2.05, 4.69) is 0 Å². The molecule has 1 atom stereocenters. The molecule has 1 aliphatic heterocycles. The van der Waals surface area contributed by atoms with E-state index in [0.29, 0.717) is 12.8 Å². The number of sulfonamides is 1. The molecular weight excluding hydrogens is 301 g/mol. The van der Waals surface area contributed by atoms with Gasteiger partial charge in [0, 0.05) is 13.1 Å². The molecule has 0 aliphatic carbocycles. The number of ether oxygens (including phenoxy) is 1. The van der Waals surface area contributed by atoms with Crippen LogP contribution in [0.4, 0.5) is 4.39 Å². The number of hydrogen-bond donors (Lipinski definition) is 1. The van der Waals surface area contributed by atoms with Crippen LogP contribution in [0.3, 0.4) is 0 Å². The third-order valence-corrected chi connectivity index (χ3v) is 5.36. The van der Waals surface area contributed by atoms with Crippen LogP contribution in [0.15, 0.2) is 23.1 Å². The van der Waals surface area contributed by atoms with Crippen LogP contribution in [-0.2, 0) is 14.8 Å². The van der Waals surface area contributed by atoms with E-state index in [4.69, 9.17) is 9.84 Å². The maximum Gasteiger partial charge on any atom is 0.307 e. The second-order valence-corrected chi connectivity index (χ2v) is 6.74. The van der Waals surface area contributed by atoms with E-state index < -0.39 is 27.7 Å². The van der Waals surface area contributed by atoms with Crippen LogP contribution < -0.4 is 4.74 Å². The van der Waals surface area contributed by atoms with Crippen LogP contribution in [0.25, 0.3) is 0 Å². The Morgan fingerprint density at radius 1 is 1.48 bits per heavy atom. The highest BCUT2D eigenvalue weighted by atomic mass is 32.2. The molecule has 0 saturated carbocycles. The molecule has 1 aromatic rings. The molecular formula is C13H16FNO5S. The standard InChI is InChI=1S/C13H16FNO5S/c1-20-11-5-4-10(14)7-12(11)21(18,19)15-6-2-3-9(8-15)13(16)17/h4-5,7,9H,2-3,6,8H2,1H3,(H,16,17)/t9-/m1/s1. The average molecular weight is 317 g/mol. The first-order valence-electron chi connectivity index (χ1n) is 6.42. The van der Waals surface area contributed by atoms with Crippen molar-refractivity contribution in [3.63, 3.8) is 0 Å². The predicted octanol–water partition coefficient (Wildman–Crippen LogP) is 1.32. The first-order valence-corrected chi connectivity index (χ1v) is 7.86. The summed E-state index contributed by atoms with van der Waals surface area (Å²) in [6.07, 6.45) is 0.884. The van der Waals surface area contributed by atoms with Gasteiger partial charge in [-0.3, -0.25) is 4.79 Å². The Labute approximate surface area is 122 Å².